The summed E-state index contributed by atoms with van der Waals surface area (Å²) in [6.45, 7) is 2.06. The van der Waals surface area contributed by atoms with Crippen molar-refractivity contribution in [1.29, 1.82) is 0 Å². The van der Waals surface area contributed by atoms with Gasteiger partial charge in [0.2, 0.25) is 0 Å². The third-order valence-corrected chi connectivity index (χ3v) is 3.89. The van der Waals surface area contributed by atoms with Crippen LogP contribution in [0.25, 0.3) is 10.1 Å². The van der Waals surface area contributed by atoms with Crippen molar-refractivity contribution in [3.63, 3.8) is 0 Å². The van der Waals surface area contributed by atoms with Crippen molar-refractivity contribution in [3.05, 3.63) is 35.2 Å². The van der Waals surface area contributed by atoms with Crippen LogP contribution in [0, 0.1) is 0 Å². The summed E-state index contributed by atoms with van der Waals surface area (Å²) in [5, 5.41) is 16.6. The minimum absolute atomic E-state index is 0.347. The molecule has 2 aromatic rings. The van der Waals surface area contributed by atoms with Crippen LogP contribution >= 0.6 is 11.3 Å². The number of fused-ring (bicyclic) bond motifs is 1. The maximum absolute atomic E-state index is 9.98. The number of hydrogen-bond acceptors (Lipinski definition) is 4. The van der Waals surface area contributed by atoms with E-state index in [0.717, 1.165) is 6.54 Å². The first-order chi connectivity index (χ1) is 8.81. The van der Waals surface area contributed by atoms with Gasteiger partial charge in [-0.1, -0.05) is 18.2 Å². The lowest BCUT2D eigenvalue weighted by Crippen LogP contribution is -2.30. The largest absolute Gasteiger partial charge is 0.391 e. The van der Waals surface area contributed by atoms with Gasteiger partial charge in [0, 0.05) is 31.3 Å². The normalized spacial score (nSPS) is 13.0. The average molecular weight is 265 g/mol. The van der Waals surface area contributed by atoms with Crippen molar-refractivity contribution in [2.45, 2.75) is 12.5 Å². The molecule has 18 heavy (non-hydrogen) atoms. The zero-order valence-electron chi connectivity index (χ0n) is 10.6. The summed E-state index contributed by atoms with van der Waals surface area (Å²) in [5.74, 6) is 0. The highest BCUT2D eigenvalue weighted by molar-refractivity contribution is 7.17. The summed E-state index contributed by atoms with van der Waals surface area (Å²) in [4.78, 5) is 0. The predicted octanol–water partition coefficient (Wildman–Crippen LogP) is 2.04. The van der Waals surface area contributed by atoms with Gasteiger partial charge in [0.15, 0.2) is 0 Å². The molecule has 0 amide bonds. The Morgan fingerprint density at radius 1 is 1.39 bits per heavy atom. The lowest BCUT2D eigenvalue weighted by molar-refractivity contribution is 0.160. The van der Waals surface area contributed by atoms with Gasteiger partial charge in [-0.15, -0.1) is 11.3 Å². The van der Waals surface area contributed by atoms with Crippen molar-refractivity contribution in [1.82, 2.24) is 5.32 Å². The topological polar surface area (TPSA) is 41.5 Å². The molecule has 0 aliphatic heterocycles. The van der Waals surface area contributed by atoms with Crippen LogP contribution in [0.1, 0.15) is 5.56 Å². The number of benzene rings is 1. The number of aliphatic hydroxyl groups is 1. The van der Waals surface area contributed by atoms with Crippen molar-refractivity contribution in [2.24, 2.45) is 0 Å². The van der Waals surface area contributed by atoms with E-state index in [9.17, 15) is 5.11 Å². The fraction of sp³-hybridized carbons (Fsp3) is 0.429. The number of thiophene rings is 1. The average Bonchev–Trinajstić information content (AvgIpc) is 2.78. The van der Waals surface area contributed by atoms with Crippen LogP contribution in [-0.4, -0.2) is 38.0 Å². The first-order valence-corrected chi connectivity index (χ1v) is 7.02. The van der Waals surface area contributed by atoms with Gasteiger partial charge in [0.25, 0.3) is 0 Å². The Balaban J connectivity index is 1.88. The fourth-order valence-corrected chi connectivity index (χ4v) is 2.94. The Hall–Kier alpha value is -0.940. The van der Waals surface area contributed by atoms with Crippen molar-refractivity contribution >= 4 is 21.4 Å². The van der Waals surface area contributed by atoms with E-state index < -0.39 is 0 Å². The van der Waals surface area contributed by atoms with E-state index in [-0.39, 0.29) is 6.10 Å². The molecule has 0 radical (unpaired) electrons. The van der Waals surface area contributed by atoms with Gasteiger partial charge < -0.3 is 15.2 Å². The molecule has 3 nitrogen and oxygen atoms in total. The molecule has 0 aliphatic carbocycles. The maximum atomic E-state index is 9.98. The van der Waals surface area contributed by atoms with Crippen molar-refractivity contribution in [2.75, 3.05) is 26.8 Å². The zero-order chi connectivity index (χ0) is 12.8. The molecule has 1 aromatic heterocycles. The third kappa shape index (κ3) is 3.53. The molecular formula is C14H19NO2S. The van der Waals surface area contributed by atoms with Crippen LogP contribution in [0.4, 0.5) is 0 Å². The van der Waals surface area contributed by atoms with Crippen LogP contribution in [0.15, 0.2) is 29.6 Å². The smallest absolute Gasteiger partial charge is 0.0705 e. The fourth-order valence-electron chi connectivity index (χ4n) is 1.96. The van der Waals surface area contributed by atoms with Gasteiger partial charge >= 0.3 is 0 Å². The number of hydrogen-bond donors (Lipinski definition) is 2. The SMILES string of the molecule is COCCNCC(O)Cc1csc2ccccc12. The molecule has 2 rings (SSSR count). The van der Waals surface area contributed by atoms with Gasteiger partial charge in [-0.2, -0.15) is 0 Å². The number of aliphatic hydroxyl groups excluding tert-OH is 1. The molecule has 2 N–H and O–H groups in total. The predicted molar refractivity (Wildman–Crippen MR) is 76.3 cm³/mol. The van der Waals surface area contributed by atoms with E-state index in [0.29, 0.717) is 19.6 Å². The van der Waals surface area contributed by atoms with Crippen LogP contribution in [0.5, 0.6) is 0 Å². The van der Waals surface area contributed by atoms with Crippen LogP contribution in [0.2, 0.25) is 0 Å². The standard InChI is InChI=1S/C14H19NO2S/c1-17-7-6-15-9-12(16)8-11-10-18-14-5-3-2-4-13(11)14/h2-5,10,12,15-16H,6-9H2,1H3. The molecule has 1 atom stereocenters. The summed E-state index contributed by atoms with van der Waals surface area (Å²) in [6, 6.07) is 8.33. The molecule has 98 valence electrons. The lowest BCUT2D eigenvalue weighted by atomic mass is 10.1. The van der Waals surface area contributed by atoms with Crippen LogP contribution < -0.4 is 5.32 Å². The Morgan fingerprint density at radius 2 is 2.22 bits per heavy atom. The number of nitrogens with one attached hydrogen (secondary N) is 1. The summed E-state index contributed by atoms with van der Waals surface area (Å²) >= 11 is 1.74. The highest BCUT2D eigenvalue weighted by atomic mass is 32.1. The van der Waals surface area contributed by atoms with E-state index in [1.54, 1.807) is 18.4 Å². The zero-order valence-corrected chi connectivity index (χ0v) is 11.4. The first-order valence-electron chi connectivity index (χ1n) is 6.14. The molecule has 1 aromatic carbocycles. The maximum Gasteiger partial charge on any atom is 0.0705 e. The first kappa shape index (κ1) is 13.5. The second kappa shape index (κ2) is 6.85. The van der Waals surface area contributed by atoms with E-state index in [1.165, 1.54) is 15.6 Å². The Labute approximate surface area is 111 Å². The molecule has 0 saturated heterocycles. The van der Waals surface area contributed by atoms with E-state index in [1.807, 2.05) is 12.1 Å². The Morgan fingerprint density at radius 3 is 3.06 bits per heavy atom. The lowest BCUT2D eigenvalue weighted by Gasteiger charge is -2.11. The summed E-state index contributed by atoms with van der Waals surface area (Å²) in [7, 11) is 1.68. The van der Waals surface area contributed by atoms with Crippen molar-refractivity contribution in [3.8, 4) is 0 Å². The second-order valence-electron chi connectivity index (χ2n) is 4.31. The molecule has 1 heterocycles. The second-order valence-corrected chi connectivity index (χ2v) is 5.22. The number of methoxy groups -OCH3 is 1. The molecular weight excluding hydrogens is 246 g/mol. The summed E-state index contributed by atoms with van der Waals surface area (Å²) in [6.07, 6.45) is 0.351. The van der Waals surface area contributed by atoms with Gasteiger partial charge in [0.1, 0.15) is 0 Å². The van der Waals surface area contributed by atoms with Crippen LogP contribution in [-0.2, 0) is 11.2 Å². The summed E-state index contributed by atoms with van der Waals surface area (Å²) in [5.41, 5.74) is 1.23. The minimum atomic E-state index is -0.347. The van der Waals surface area contributed by atoms with E-state index in [2.05, 4.69) is 22.8 Å². The van der Waals surface area contributed by atoms with Crippen molar-refractivity contribution < 1.29 is 9.84 Å². The Bertz CT molecular complexity index is 483. The van der Waals surface area contributed by atoms with E-state index >= 15 is 0 Å². The number of rotatable bonds is 7. The van der Waals surface area contributed by atoms with Gasteiger partial charge in [-0.3, -0.25) is 0 Å². The molecule has 0 aliphatic rings. The quantitative estimate of drug-likeness (QED) is 0.753. The van der Waals surface area contributed by atoms with Gasteiger partial charge in [-0.25, -0.2) is 0 Å². The molecule has 0 saturated carbocycles. The molecule has 0 fully saturated rings. The van der Waals surface area contributed by atoms with Crippen LogP contribution in [0.3, 0.4) is 0 Å². The highest BCUT2D eigenvalue weighted by Crippen LogP contribution is 2.26. The third-order valence-electron chi connectivity index (χ3n) is 2.88. The Kier molecular flexibility index (Phi) is 5.13. The molecule has 4 heteroatoms. The molecule has 1 unspecified atom stereocenters. The van der Waals surface area contributed by atoms with Gasteiger partial charge in [-0.05, 0) is 22.4 Å². The summed E-state index contributed by atoms with van der Waals surface area (Å²) < 4.78 is 6.23. The molecule has 0 bridgehead atoms. The molecule has 0 spiro atoms. The van der Waals surface area contributed by atoms with Gasteiger partial charge in [0.05, 0.1) is 12.7 Å². The monoisotopic (exact) mass is 265 g/mol. The van der Waals surface area contributed by atoms with E-state index in [4.69, 9.17) is 4.74 Å². The number of ether oxygens (including phenoxy) is 1. The minimum Gasteiger partial charge on any atom is -0.391 e. The highest BCUT2D eigenvalue weighted by Gasteiger charge is 2.09.